The average molecular weight is 309 g/mol. The molecule has 0 bridgehead atoms. The van der Waals surface area contributed by atoms with Gasteiger partial charge in [0.25, 0.3) is 5.56 Å². The number of halogens is 1. The van der Waals surface area contributed by atoms with Crippen LogP contribution in [0.5, 0.6) is 0 Å². The molecule has 5 heteroatoms. The standard InChI is InChI=1S/C13H13BrN2O2/c14-10-4-3-9-7-15-16(13(17)12(9)6-10)11-2-1-5-18-8-11/h3-4,6-7,11H,1-2,5,8H2. The Morgan fingerprint density at radius 1 is 1.44 bits per heavy atom. The number of hydrogen-bond acceptors (Lipinski definition) is 3. The van der Waals surface area contributed by atoms with E-state index in [9.17, 15) is 4.79 Å². The maximum Gasteiger partial charge on any atom is 0.275 e. The molecule has 1 fully saturated rings. The van der Waals surface area contributed by atoms with Crippen molar-refractivity contribution in [3.05, 3.63) is 39.2 Å². The second kappa shape index (κ2) is 4.82. The highest BCUT2D eigenvalue weighted by Gasteiger charge is 2.18. The minimum Gasteiger partial charge on any atom is -0.379 e. The summed E-state index contributed by atoms with van der Waals surface area (Å²) in [6.45, 7) is 1.36. The van der Waals surface area contributed by atoms with E-state index in [0.717, 1.165) is 29.3 Å². The van der Waals surface area contributed by atoms with E-state index in [1.165, 1.54) is 0 Å². The van der Waals surface area contributed by atoms with Gasteiger partial charge in [-0.1, -0.05) is 22.0 Å². The lowest BCUT2D eigenvalue weighted by molar-refractivity contribution is 0.0533. The molecular formula is C13H13BrN2O2. The van der Waals surface area contributed by atoms with Crippen LogP contribution in [0.25, 0.3) is 10.8 Å². The fraction of sp³-hybridized carbons (Fsp3) is 0.385. The van der Waals surface area contributed by atoms with Gasteiger partial charge in [0.1, 0.15) is 0 Å². The lowest BCUT2D eigenvalue weighted by atomic mass is 10.1. The van der Waals surface area contributed by atoms with E-state index in [-0.39, 0.29) is 11.6 Å². The summed E-state index contributed by atoms with van der Waals surface area (Å²) in [5, 5.41) is 5.84. The molecule has 1 atom stereocenters. The molecule has 4 nitrogen and oxygen atoms in total. The van der Waals surface area contributed by atoms with Gasteiger partial charge in [-0.15, -0.1) is 0 Å². The summed E-state index contributed by atoms with van der Waals surface area (Å²) in [6, 6.07) is 5.72. The van der Waals surface area contributed by atoms with Crippen molar-refractivity contribution in [2.24, 2.45) is 0 Å². The number of nitrogens with zero attached hydrogens (tertiary/aromatic N) is 2. The van der Waals surface area contributed by atoms with Crippen LogP contribution < -0.4 is 5.56 Å². The van der Waals surface area contributed by atoms with Crippen LogP contribution in [0.3, 0.4) is 0 Å². The zero-order valence-electron chi connectivity index (χ0n) is 9.80. The summed E-state index contributed by atoms with van der Waals surface area (Å²) in [5.41, 5.74) is -0.0377. The average Bonchev–Trinajstić information content (AvgIpc) is 2.41. The maximum atomic E-state index is 12.4. The number of aromatic nitrogens is 2. The first kappa shape index (κ1) is 11.9. The van der Waals surface area contributed by atoms with Crippen molar-refractivity contribution in [3.63, 3.8) is 0 Å². The summed E-state index contributed by atoms with van der Waals surface area (Å²) in [7, 11) is 0. The molecule has 1 aliphatic rings. The summed E-state index contributed by atoms with van der Waals surface area (Å²) >= 11 is 3.39. The lowest BCUT2D eigenvalue weighted by Gasteiger charge is -2.23. The predicted molar refractivity (Wildman–Crippen MR) is 72.8 cm³/mol. The van der Waals surface area contributed by atoms with Crippen LogP contribution in [0.4, 0.5) is 0 Å². The first-order chi connectivity index (χ1) is 8.75. The smallest absolute Gasteiger partial charge is 0.275 e. The van der Waals surface area contributed by atoms with Gasteiger partial charge in [-0.3, -0.25) is 4.79 Å². The Kier molecular flexibility index (Phi) is 3.18. The van der Waals surface area contributed by atoms with E-state index < -0.39 is 0 Å². The Bertz CT molecular complexity index is 632. The molecule has 0 amide bonds. The first-order valence-electron chi connectivity index (χ1n) is 6.00. The fourth-order valence-electron chi connectivity index (χ4n) is 2.30. The highest BCUT2D eigenvalue weighted by Crippen LogP contribution is 2.19. The molecule has 0 N–H and O–H groups in total. The number of rotatable bonds is 1. The third kappa shape index (κ3) is 2.08. The highest BCUT2D eigenvalue weighted by atomic mass is 79.9. The van der Waals surface area contributed by atoms with Gasteiger partial charge in [-0.2, -0.15) is 5.10 Å². The van der Waals surface area contributed by atoms with E-state index >= 15 is 0 Å². The molecular weight excluding hydrogens is 296 g/mol. The normalized spacial score (nSPS) is 20.2. The van der Waals surface area contributed by atoms with Crippen molar-refractivity contribution in [2.75, 3.05) is 13.2 Å². The minimum absolute atomic E-state index is 0.0377. The Morgan fingerprint density at radius 2 is 2.33 bits per heavy atom. The monoisotopic (exact) mass is 308 g/mol. The number of hydrogen-bond donors (Lipinski definition) is 0. The molecule has 1 aliphatic heterocycles. The van der Waals surface area contributed by atoms with Crippen molar-refractivity contribution < 1.29 is 4.74 Å². The van der Waals surface area contributed by atoms with Gasteiger partial charge in [0, 0.05) is 16.5 Å². The first-order valence-corrected chi connectivity index (χ1v) is 6.80. The van der Waals surface area contributed by atoms with Crippen LogP contribution in [0.15, 0.2) is 33.7 Å². The molecule has 2 heterocycles. The third-order valence-corrected chi connectivity index (χ3v) is 3.75. The predicted octanol–water partition coefficient (Wildman–Crippen LogP) is 2.51. The SMILES string of the molecule is O=c1c2cc(Br)ccc2cnn1C1CCCOC1. The van der Waals surface area contributed by atoms with E-state index in [1.54, 1.807) is 10.9 Å². The topological polar surface area (TPSA) is 44.1 Å². The molecule has 1 unspecified atom stereocenters. The van der Waals surface area contributed by atoms with Crippen molar-refractivity contribution in [3.8, 4) is 0 Å². The largest absolute Gasteiger partial charge is 0.379 e. The van der Waals surface area contributed by atoms with Gasteiger partial charge < -0.3 is 4.74 Å². The molecule has 2 aromatic rings. The van der Waals surface area contributed by atoms with E-state index in [0.29, 0.717) is 12.0 Å². The van der Waals surface area contributed by atoms with Gasteiger partial charge in [-0.05, 0) is 25.0 Å². The van der Waals surface area contributed by atoms with Crippen molar-refractivity contribution >= 4 is 26.7 Å². The second-order valence-electron chi connectivity index (χ2n) is 4.50. The van der Waals surface area contributed by atoms with Crippen molar-refractivity contribution in [2.45, 2.75) is 18.9 Å². The molecule has 0 saturated carbocycles. The summed E-state index contributed by atoms with van der Waals surface area (Å²) in [4.78, 5) is 12.4. The van der Waals surface area contributed by atoms with Gasteiger partial charge in [0.15, 0.2) is 0 Å². The molecule has 0 spiro atoms. The van der Waals surface area contributed by atoms with Gasteiger partial charge in [0.2, 0.25) is 0 Å². The number of benzene rings is 1. The lowest BCUT2D eigenvalue weighted by Crippen LogP contribution is -2.32. The van der Waals surface area contributed by atoms with Crippen molar-refractivity contribution in [1.29, 1.82) is 0 Å². The zero-order chi connectivity index (χ0) is 12.5. The number of ether oxygens (including phenoxy) is 1. The van der Waals surface area contributed by atoms with Gasteiger partial charge in [-0.25, -0.2) is 4.68 Å². The molecule has 18 heavy (non-hydrogen) atoms. The minimum atomic E-state index is -0.0377. The molecule has 0 radical (unpaired) electrons. The van der Waals surface area contributed by atoms with Crippen LogP contribution in [0.2, 0.25) is 0 Å². The molecule has 94 valence electrons. The summed E-state index contributed by atoms with van der Waals surface area (Å²) in [6.07, 6.45) is 3.68. The van der Waals surface area contributed by atoms with Gasteiger partial charge >= 0.3 is 0 Å². The highest BCUT2D eigenvalue weighted by molar-refractivity contribution is 9.10. The third-order valence-electron chi connectivity index (χ3n) is 3.26. The van der Waals surface area contributed by atoms with E-state index in [1.807, 2.05) is 18.2 Å². The maximum absolute atomic E-state index is 12.4. The van der Waals surface area contributed by atoms with Crippen LogP contribution in [0, 0.1) is 0 Å². The zero-order valence-corrected chi connectivity index (χ0v) is 11.4. The van der Waals surface area contributed by atoms with Crippen LogP contribution in [-0.2, 0) is 4.74 Å². The summed E-state index contributed by atoms with van der Waals surface area (Å²) < 4.78 is 7.89. The quantitative estimate of drug-likeness (QED) is 0.813. The Morgan fingerprint density at radius 3 is 3.11 bits per heavy atom. The fourth-order valence-corrected chi connectivity index (χ4v) is 2.66. The molecule has 0 aliphatic carbocycles. The second-order valence-corrected chi connectivity index (χ2v) is 5.41. The Labute approximate surface area is 113 Å². The molecule has 1 aromatic heterocycles. The van der Waals surface area contributed by atoms with E-state index in [2.05, 4.69) is 21.0 Å². The van der Waals surface area contributed by atoms with Crippen LogP contribution in [-0.4, -0.2) is 23.0 Å². The Balaban J connectivity index is 2.13. The molecule has 1 saturated heterocycles. The van der Waals surface area contributed by atoms with Crippen LogP contribution >= 0.6 is 15.9 Å². The van der Waals surface area contributed by atoms with Gasteiger partial charge in [0.05, 0.1) is 24.2 Å². The Hall–Kier alpha value is -1.20. The number of fused-ring (bicyclic) bond motifs is 1. The molecule has 3 rings (SSSR count). The van der Waals surface area contributed by atoms with Crippen LogP contribution in [0.1, 0.15) is 18.9 Å². The van der Waals surface area contributed by atoms with Crippen molar-refractivity contribution in [1.82, 2.24) is 9.78 Å². The summed E-state index contributed by atoms with van der Waals surface area (Å²) in [5.74, 6) is 0. The van der Waals surface area contributed by atoms with E-state index in [4.69, 9.17) is 4.74 Å². The molecule has 1 aromatic carbocycles.